The lowest BCUT2D eigenvalue weighted by atomic mass is 9.58. The van der Waals surface area contributed by atoms with Gasteiger partial charge in [-0.2, -0.15) is 0 Å². The lowest BCUT2D eigenvalue weighted by molar-refractivity contribution is -0.121. The molecule has 0 bridgehead atoms. The molecule has 198 valence electrons. The van der Waals surface area contributed by atoms with E-state index in [1.54, 1.807) is 26.0 Å². The smallest absolute Gasteiger partial charge is 0.193 e. The number of halogens is 1. The number of anilines is 1. The molecule has 4 unspecified atom stereocenters. The van der Waals surface area contributed by atoms with Crippen molar-refractivity contribution in [3.05, 3.63) is 57.6 Å². The third-order valence-electron chi connectivity index (χ3n) is 8.69. The first-order chi connectivity index (χ1) is 17.4. The van der Waals surface area contributed by atoms with Gasteiger partial charge in [-0.05, 0) is 57.9 Å². The highest BCUT2D eigenvalue weighted by molar-refractivity contribution is 6.24. The lowest BCUT2D eigenvalue weighted by Gasteiger charge is -2.49. The van der Waals surface area contributed by atoms with Crippen molar-refractivity contribution in [1.29, 1.82) is 0 Å². The van der Waals surface area contributed by atoms with Gasteiger partial charge in [-0.25, -0.2) is 4.39 Å². The number of hydrogen-bond acceptors (Lipinski definition) is 6. The second-order valence-electron chi connectivity index (χ2n) is 10.9. The molecule has 0 radical (unpaired) electrons. The van der Waals surface area contributed by atoms with E-state index in [-0.39, 0.29) is 35.0 Å². The fourth-order valence-electron chi connectivity index (χ4n) is 6.87. The molecule has 7 heteroatoms. The number of hydrogen-bond donors (Lipinski definition) is 0. The van der Waals surface area contributed by atoms with Crippen LogP contribution in [-0.2, 0) is 11.2 Å². The highest BCUT2D eigenvalue weighted by atomic mass is 19.1. The molecule has 0 heterocycles. The molecule has 0 saturated carbocycles. The zero-order chi connectivity index (χ0) is 27.5. The molecule has 3 aliphatic carbocycles. The Morgan fingerprint density at radius 2 is 1.81 bits per heavy atom. The molecule has 1 aromatic carbocycles. The number of allylic oxidation sites excluding steroid dienone is 4. The molecular weight excluding hydrogens is 469 g/mol. The van der Waals surface area contributed by atoms with Gasteiger partial charge in [-0.3, -0.25) is 14.6 Å². The number of methoxy groups -OCH3 is 1. The van der Waals surface area contributed by atoms with Crippen molar-refractivity contribution in [3.8, 4) is 5.75 Å². The van der Waals surface area contributed by atoms with Crippen molar-refractivity contribution in [2.75, 3.05) is 40.2 Å². The second kappa shape index (κ2) is 9.58. The topological polar surface area (TPSA) is 62.2 Å². The van der Waals surface area contributed by atoms with E-state index in [0.29, 0.717) is 46.7 Å². The first kappa shape index (κ1) is 26.8. The first-order valence-electron chi connectivity index (χ1n) is 12.8. The summed E-state index contributed by atoms with van der Waals surface area (Å²) in [4.78, 5) is 36.4. The van der Waals surface area contributed by atoms with Gasteiger partial charge in [0.2, 0.25) is 0 Å². The molecule has 3 aliphatic rings. The summed E-state index contributed by atoms with van der Waals surface area (Å²) in [5.41, 5.74) is 5.84. The molecule has 0 fully saturated rings. The predicted molar refractivity (Wildman–Crippen MR) is 146 cm³/mol. The van der Waals surface area contributed by atoms with Crippen LogP contribution in [0.2, 0.25) is 0 Å². The third kappa shape index (κ3) is 3.94. The van der Waals surface area contributed by atoms with E-state index in [2.05, 4.69) is 16.5 Å². The Hall–Kier alpha value is -3.22. The summed E-state index contributed by atoms with van der Waals surface area (Å²) in [5.74, 6) is -0.909. The molecule has 0 saturated heterocycles. The van der Waals surface area contributed by atoms with Gasteiger partial charge in [0.1, 0.15) is 5.82 Å². The number of fused-ring (bicyclic) bond motifs is 3. The number of aliphatic imine (C=N–C) groups is 1. The van der Waals surface area contributed by atoms with Crippen LogP contribution in [0.5, 0.6) is 5.75 Å². The van der Waals surface area contributed by atoms with Crippen LogP contribution in [0.15, 0.2) is 45.6 Å². The molecule has 37 heavy (non-hydrogen) atoms. The fraction of sp³-hybridized carbons (Fsp3) is 0.500. The number of carbonyl (C=O) groups is 2. The number of nitrogens with zero attached hydrogens (tertiary/aromatic N) is 3. The molecule has 4 atom stereocenters. The minimum absolute atomic E-state index is 0.0131. The maximum atomic E-state index is 15.4. The highest BCUT2D eigenvalue weighted by Gasteiger charge is 2.52. The Morgan fingerprint density at radius 1 is 1.16 bits per heavy atom. The van der Waals surface area contributed by atoms with E-state index in [9.17, 15) is 9.59 Å². The molecule has 0 N–H and O–H groups in total. The van der Waals surface area contributed by atoms with Crippen LogP contribution in [0.25, 0.3) is 0 Å². The molecular formula is C30H38FN3O3. The number of benzene rings is 1. The minimum atomic E-state index is -0.452. The van der Waals surface area contributed by atoms with Gasteiger partial charge in [0.25, 0.3) is 0 Å². The van der Waals surface area contributed by atoms with Crippen LogP contribution in [0, 0.1) is 23.6 Å². The van der Waals surface area contributed by atoms with E-state index >= 15 is 4.39 Å². The van der Waals surface area contributed by atoms with Crippen LogP contribution in [-0.4, -0.2) is 63.5 Å². The van der Waals surface area contributed by atoms with Gasteiger partial charge in [0, 0.05) is 68.3 Å². The fourth-order valence-corrected chi connectivity index (χ4v) is 6.87. The van der Waals surface area contributed by atoms with Crippen LogP contribution in [0.4, 0.5) is 10.1 Å². The van der Waals surface area contributed by atoms with Crippen molar-refractivity contribution in [3.63, 3.8) is 0 Å². The zero-order valence-electron chi connectivity index (χ0n) is 23.5. The molecule has 0 amide bonds. The maximum absolute atomic E-state index is 15.4. The zero-order valence-corrected chi connectivity index (χ0v) is 23.5. The van der Waals surface area contributed by atoms with Gasteiger partial charge >= 0.3 is 0 Å². The van der Waals surface area contributed by atoms with Crippen LogP contribution in [0.3, 0.4) is 0 Å². The second-order valence-corrected chi connectivity index (χ2v) is 10.9. The summed E-state index contributed by atoms with van der Waals surface area (Å²) in [6.45, 7) is 11.9. The Morgan fingerprint density at radius 3 is 2.35 bits per heavy atom. The van der Waals surface area contributed by atoms with Crippen LogP contribution in [0.1, 0.15) is 50.0 Å². The van der Waals surface area contributed by atoms with Crippen molar-refractivity contribution in [2.24, 2.45) is 22.7 Å². The first-order valence-corrected chi connectivity index (χ1v) is 12.8. The Bertz CT molecular complexity index is 1300. The maximum Gasteiger partial charge on any atom is 0.193 e. The SMILES string of the molecule is C=C(C)N(C)C1C(C)=C(C(C)=NC)C(=O)C2C(C)=C3C(=O)c4c(c(F)cc(N(C)C)c4OC)CC3CC21. The number of ketones is 2. The number of Topliss-reactive ketones (excluding diaryl/α,β-unsaturated/α-hetero) is 2. The number of likely N-dealkylation sites (N-methyl/N-ethyl adjacent to an activating group) is 1. The van der Waals surface area contributed by atoms with Gasteiger partial charge in [-0.1, -0.05) is 12.2 Å². The van der Waals surface area contributed by atoms with Gasteiger partial charge in [-0.15, -0.1) is 0 Å². The average Bonchev–Trinajstić information content (AvgIpc) is 2.83. The normalized spacial score (nSPS) is 25.5. The highest BCUT2D eigenvalue weighted by Crippen LogP contribution is 2.52. The quantitative estimate of drug-likeness (QED) is 0.523. The van der Waals surface area contributed by atoms with E-state index in [4.69, 9.17) is 4.74 Å². The number of rotatable bonds is 5. The predicted octanol–water partition coefficient (Wildman–Crippen LogP) is 5.03. The molecule has 0 spiro atoms. The monoisotopic (exact) mass is 507 g/mol. The number of ether oxygens (including phenoxy) is 1. The Labute approximate surface area is 219 Å². The minimum Gasteiger partial charge on any atom is -0.494 e. The lowest BCUT2D eigenvalue weighted by Crippen LogP contribution is -2.52. The molecule has 4 rings (SSSR count). The standard InChI is InChI=1S/C30H38FN3O3/c1-14(2)34(9)27-16(4)23(17(5)32-6)28(35)25-15(3)24-18(12-20(25)27)11-19-21(31)13-22(33(7)8)30(37-10)26(19)29(24)36/h13,18,20,25,27H,1,11-12H2,2-10H3. The van der Waals surface area contributed by atoms with Crippen LogP contribution >= 0.6 is 0 Å². The summed E-state index contributed by atoms with van der Waals surface area (Å²) in [5, 5.41) is 0. The summed E-state index contributed by atoms with van der Waals surface area (Å²) in [6, 6.07) is 1.38. The Balaban J connectivity index is 1.95. The van der Waals surface area contributed by atoms with Gasteiger partial charge in [0.05, 0.1) is 24.4 Å². The van der Waals surface area contributed by atoms with Crippen molar-refractivity contribution in [2.45, 2.75) is 46.6 Å². The van der Waals surface area contributed by atoms with E-state index in [1.807, 2.05) is 34.7 Å². The largest absolute Gasteiger partial charge is 0.494 e. The van der Waals surface area contributed by atoms with Crippen molar-refractivity contribution in [1.82, 2.24) is 4.90 Å². The van der Waals surface area contributed by atoms with Gasteiger partial charge < -0.3 is 14.5 Å². The van der Waals surface area contributed by atoms with Gasteiger partial charge in [0.15, 0.2) is 17.3 Å². The number of carbonyl (C=O) groups excluding carboxylic acids is 2. The summed E-state index contributed by atoms with van der Waals surface area (Å²) in [7, 11) is 8.79. The molecule has 6 nitrogen and oxygen atoms in total. The average molecular weight is 508 g/mol. The molecule has 1 aromatic rings. The summed E-state index contributed by atoms with van der Waals surface area (Å²) in [6.07, 6.45) is 1.01. The van der Waals surface area contributed by atoms with E-state index < -0.39 is 11.7 Å². The summed E-state index contributed by atoms with van der Waals surface area (Å²) >= 11 is 0. The molecule has 0 aromatic heterocycles. The molecule has 0 aliphatic heterocycles. The van der Waals surface area contributed by atoms with Crippen molar-refractivity contribution < 1.29 is 18.7 Å². The summed E-state index contributed by atoms with van der Waals surface area (Å²) < 4.78 is 21.1. The van der Waals surface area contributed by atoms with E-state index in [0.717, 1.165) is 16.8 Å². The van der Waals surface area contributed by atoms with E-state index in [1.165, 1.54) is 13.2 Å². The Kier molecular flexibility index (Phi) is 6.95. The van der Waals surface area contributed by atoms with Crippen LogP contribution < -0.4 is 9.64 Å². The van der Waals surface area contributed by atoms with Crippen molar-refractivity contribution >= 4 is 23.0 Å². The third-order valence-corrected chi connectivity index (χ3v) is 8.69.